The Bertz CT molecular complexity index is 244. The molecule has 1 aliphatic carbocycles. The normalized spacial score (nSPS) is 29.7. The molecule has 1 unspecified atom stereocenters. The van der Waals surface area contributed by atoms with Gasteiger partial charge >= 0.3 is 0 Å². The molecule has 4 heteroatoms. The first kappa shape index (κ1) is 7.81. The Morgan fingerprint density at radius 1 is 1.73 bits per heavy atom. The lowest BCUT2D eigenvalue weighted by Gasteiger charge is -2.20. The highest BCUT2D eigenvalue weighted by atomic mass is 16.3. The molecule has 0 aromatic heterocycles. The molecule has 0 aliphatic heterocycles. The van der Waals surface area contributed by atoms with Crippen LogP contribution in [0.5, 0.6) is 0 Å². The van der Waals surface area contributed by atoms with E-state index in [9.17, 15) is 9.90 Å². The number of hydrogen-bond donors (Lipinski definition) is 3. The van der Waals surface area contributed by atoms with Crippen molar-refractivity contribution in [2.45, 2.75) is 12.0 Å². The van der Waals surface area contributed by atoms with E-state index in [1.165, 1.54) is 18.2 Å². The number of aliphatic hydroxyl groups excluding tert-OH is 1. The quantitative estimate of drug-likeness (QED) is 0.482. The lowest BCUT2D eigenvalue weighted by molar-refractivity contribution is -0.131. The summed E-state index contributed by atoms with van der Waals surface area (Å²) < 4.78 is 0. The van der Waals surface area contributed by atoms with Gasteiger partial charge in [-0.1, -0.05) is 0 Å². The van der Waals surface area contributed by atoms with Crippen molar-refractivity contribution in [3.63, 3.8) is 0 Å². The molecular formula is C7H9NO3. The number of nitrogens with two attached hydrogens (primary N) is 1. The Labute approximate surface area is 63.6 Å². The summed E-state index contributed by atoms with van der Waals surface area (Å²) in [6.07, 6.45) is 3.80. The van der Waals surface area contributed by atoms with Crippen molar-refractivity contribution in [1.29, 1.82) is 0 Å². The summed E-state index contributed by atoms with van der Waals surface area (Å²) in [6, 6.07) is 0. The fourth-order valence-electron chi connectivity index (χ4n) is 0.802. The third kappa shape index (κ3) is 1.40. The first-order valence-corrected chi connectivity index (χ1v) is 3.15. The Morgan fingerprint density at radius 3 is 2.73 bits per heavy atom. The van der Waals surface area contributed by atoms with Gasteiger partial charge in [-0.05, 0) is 18.2 Å². The second-order valence-corrected chi connectivity index (χ2v) is 2.45. The Morgan fingerprint density at radius 2 is 2.36 bits per heavy atom. The minimum Gasteiger partial charge on any atom is -0.508 e. The van der Waals surface area contributed by atoms with Gasteiger partial charge in [0, 0.05) is 6.42 Å². The third-order valence-electron chi connectivity index (χ3n) is 1.58. The molecule has 0 aromatic rings. The highest BCUT2D eigenvalue weighted by Gasteiger charge is 2.31. The average molecular weight is 155 g/mol. The number of carbonyl (C=O) groups excluding carboxylic acids is 1. The minimum absolute atomic E-state index is 0.0324. The number of aliphatic hydroxyl groups is 2. The fraction of sp³-hybridized carbons (Fsp3) is 0.286. The number of rotatable bonds is 1. The summed E-state index contributed by atoms with van der Waals surface area (Å²) in [7, 11) is 0. The summed E-state index contributed by atoms with van der Waals surface area (Å²) in [6.45, 7) is 0. The summed E-state index contributed by atoms with van der Waals surface area (Å²) >= 11 is 0. The van der Waals surface area contributed by atoms with Gasteiger partial charge in [0.25, 0.3) is 5.91 Å². The van der Waals surface area contributed by atoms with Gasteiger partial charge in [-0.25, -0.2) is 0 Å². The molecule has 1 atom stereocenters. The van der Waals surface area contributed by atoms with Crippen LogP contribution in [0.4, 0.5) is 0 Å². The number of hydrogen-bond acceptors (Lipinski definition) is 3. The van der Waals surface area contributed by atoms with Crippen molar-refractivity contribution in [3.05, 3.63) is 24.0 Å². The second-order valence-electron chi connectivity index (χ2n) is 2.45. The molecule has 0 fully saturated rings. The molecule has 0 bridgehead atoms. The smallest absolute Gasteiger partial charge is 0.253 e. The van der Waals surface area contributed by atoms with Crippen molar-refractivity contribution in [3.8, 4) is 0 Å². The van der Waals surface area contributed by atoms with Crippen LogP contribution in [0.3, 0.4) is 0 Å². The molecule has 0 heterocycles. The number of primary amides is 1. The maximum atomic E-state index is 10.6. The van der Waals surface area contributed by atoms with Crippen molar-refractivity contribution < 1.29 is 15.0 Å². The molecular weight excluding hydrogens is 146 g/mol. The van der Waals surface area contributed by atoms with Crippen LogP contribution < -0.4 is 5.73 Å². The molecule has 4 N–H and O–H groups in total. The second kappa shape index (κ2) is 2.39. The van der Waals surface area contributed by atoms with Crippen molar-refractivity contribution >= 4 is 5.91 Å². The van der Waals surface area contributed by atoms with Gasteiger partial charge in [0.05, 0.1) is 0 Å². The number of allylic oxidation sites excluding steroid dienone is 1. The SMILES string of the molecule is NC(=O)C1(O)C=CC(O)=CC1. The third-order valence-corrected chi connectivity index (χ3v) is 1.58. The molecule has 0 radical (unpaired) electrons. The van der Waals surface area contributed by atoms with E-state index in [1.807, 2.05) is 0 Å². The Kier molecular flexibility index (Phi) is 1.70. The number of amides is 1. The largest absolute Gasteiger partial charge is 0.508 e. The van der Waals surface area contributed by atoms with Gasteiger partial charge in [0.1, 0.15) is 5.76 Å². The zero-order chi connectivity index (χ0) is 8.48. The predicted molar refractivity (Wildman–Crippen MR) is 38.6 cm³/mol. The van der Waals surface area contributed by atoms with Gasteiger partial charge in [-0.3, -0.25) is 4.79 Å². The number of carbonyl (C=O) groups is 1. The monoisotopic (exact) mass is 155 g/mol. The van der Waals surface area contributed by atoms with E-state index in [4.69, 9.17) is 10.8 Å². The van der Waals surface area contributed by atoms with Crippen molar-refractivity contribution in [1.82, 2.24) is 0 Å². The molecule has 0 spiro atoms. The van der Waals surface area contributed by atoms with Crippen molar-refractivity contribution in [2.75, 3.05) is 0 Å². The van der Waals surface area contributed by atoms with Gasteiger partial charge < -0.3 is 15.9 Å². The summed E-state index contributed by atoms with van der Waals surface area (Å²) in [5, 5.41) is 18.2. The molecule has 0 saturated heterocycles. The standard InChI is InChI=1S/C7H9NO3/c8-6(10)7(11)3-1-5(9)2-4-7/h1-3,9,11H,4H2,(H2,8,10). The zero-order valence-corrected chi connectivity index (χ0v) is 5.82. The summed E-state index contributed by atoms with van der Waals surface area (Å²) in [5.74, 6) is -0.770. The highest BCUT2D eigenvalue weighted by Crippen LogP contribution is 2.18. The molecule has 60 valence electrons. The molecule has 11 heavy (non-hydrogen) atoms. The average Bonchev–Trinajstić information content (AvgIpc) is 1.95. The van der Waals surface area contributed by atoms with Crippen molar-refractivity contribution in [2.24, 2.45) is 5.73 Å². The van der Waals surface area contributed by atoms with Gasteiger partial charge in [0.15, 0.2) is 5.60 Å². The maximum Gasteiger partial charge on any atom is 0.253 e. The molecule has 4 nitrogen and oxygen atoms in total. The van der Waals surface area contributed by atoms with E-state index in [-0.39, 0.29) is 12.2 Å². The van der Waals surface area contributed by atoms with Crippen LogP contribution >= 0.6 is 0 Å². The van der Waals surface area contributed by atoms with Crippen LogP contribution in [0, 0.1) is 0 Å². The van der Waals surface area contributed by atoms with E-state index in [0.717, 1.165) is 0 Å². The lowest BCUT2D eigenvalue weighted by atomic mass is 9.94. The van der Waals surface area contributed by atoms with Gasteiger partial charge in [0.2, 0.25) is 0 Å². The Balaban J connectivity index is 2.82. The zero-order valence-electron chi connectivity index (χ0n) is 5.82. The summed E-state index contributed by atoms with van der Waals surface area (Å²) in [4.78, 5) is 10.6. The summed E-state index contributed by atoms with van der Waals surface area (Å²) in [5.41, 5.74) is 3.28. The van der Waals surface area contributed by atoms with Crippen LogP contribution in [0.2, 0.25) is 0 Å². The van der Waals surface area contributed by atoms with Crippen LogP contribution in [0.15, 0.2) is 24.0 Å². The maximum absolute atomic E-state index is 10.6. The topological polar surface area (TPSA) is 83.6 Å². The molecule has 1 amide bonds. The molecule has 1 aliphatic rings. The minimum atomic E-state index is -1.62. The van der Waals surface area contributed by atoms with E-state index >= 15 is 0 Å². The first-order valence-electron chi connectivity index (χ1n) is 3.15. The van der Waals surface area contributed by atoms with E-state index in [2.05, 4.69) is 0 Å². The fourth-order valence-corrected chi connectivity index (χ4v) is 0.802. The van der Waals surface area contributed by atoms with Crippen LogP contribution in [-0.2, 0) is 4.79 Å². The van der Waals surface area contributed by atoms with Gasteiger partial charge in [-0.2, -0.15) is 0 Å². The Hall–Kier alpha value is -1.29. The highest BCUT2D eigenvalue weighted by molar-refractivity contribution is 5.86. The molecule has 1 rings (SSSR count). The van der Waals surface area contributed by atoms with E-state index < -0.39 is 11.5 Å². The van der Waals surface area contributed by atoms with Crippen LogP contribution in [0.25, 0.3) is 0 Å². The first-order chi connectivity index (χ1) is 5.04. The van der Waals surface area contributed by atoms with Crippen LogP contribution in [0.1, 0.15) is 6.42 Å². The van der Waals surface area contributed by atoms with E-state index in [0.29, 0.717) is 0 Å². The van der Waals surface area contributed by atoms with Crippen LogP contribution in [-0.4, -0.2) is 21.7 Å². The lowest BCUT2D eigenvalue weighted by Crippen LogP contribution is -2.42. The molecule has 0 saturated carbocycles. The molecule has 0 aromatic carbocycles. The predicted octanol–water partition coefficient (Wildman–Crippen LogP) is -0.395. The van der Waals surface area contributed by atoms with Gasteiger partial charge in [-0.15, -0.1) is 0 Å². The van der Waals surface area contributed by atoms with E-state index in [1.54, 1.807) is 0 Å².